The third-order valence-electron chi connectivity index (χ3n) is 5.87. The van der Waals surface area contributed by atoms with E-state index in [1.807, 2.05) is 53.8 Å². The minimum Gasteiger partial charge on any atom is -0.497 e. The lowest BCUT2D eigenvalue weighted by molar-refractivity contribution is -0.143. The van der Waals surface area contributed by atoms with Crippen LogP contribution in [0.2, 0.25) is 0 Å². The van der Waals surface area contributed by atoms with Gasteiger partial charge < -0.3 is 29.0 Å². The van der Waals surface area contributed by atoms with Crippen molar-refractivity contribution in [3.63, 3.8) is 0 Å². The van der Waals surface area contributed by atoms with E-state index in [0.29, 0.717) is 30.3 Å². The molecule has 8 nitrogen and oxygen atoms in total. The van der Waals surface area contributed by atoms with E-state index >= 15 is 0 Å². The maximum absolute atomic E-state index is 13.1. The summed E-state index contributed by atoms with van der Waals surface area (Å²) < 4.78 is 18.3. The van der Waals surface area contributed by atoms with E-state index in [-0.39, 0.29) is 36.3 Å². The Morgan fingerprint density at radius 3 is 2.54 bits per heavy atom. The number of hydrogen-bond acceptors (Lipinski definition) is 6. The van der Waals surface area contributed by atoms with Crippen LogP contribution in [0.4, 0.5) is 5.69 Å². The lowest BCUT2D eigenvalue weighted by atomic mass is 10.2. The summed E-state index contributed by atoms with van der Waals surface area (Å²) in [6.07, 6.45) is 2.01. The van der Waals surface area contributed by atoms with Gasteiger partial charge in [0.1, 0.15) is 18.0 Å². The van der Waals surface area contributed by atoms with Crippen LogP contribution in [-0.4, -0.2) is 66.6 Å². The zero-order valence-electron chi connectivity index (χ0n) is 20.4. The van der Waals surface area contributed by atoms with Crippen LogP contribution in [-0.2, 0) is 20.9 Å². The molecule has 1 fully saturated rings. The summed E-state index contributed by atoms with van der Waals surface area (Å²) in [5.74, 6) is 1.30. The minimum atomic E-state index is -0.161. The van der Waals surface area contributed by atoms with Crippen molar-refractivity contribution < 1.29 is 23.8 Å². The number of fused-ring (bicyclic) bond motifs is 1. The van der Waals surface area contributed by atoms with Crippen LogP contribution in [0.25, 0.3) is 10.9 Å². The average molecular weight is 498 g/mol. The molecule has 9 heteroatoms. The molecule has 0 aliphatic carbocycles. The van der Waals surface area contributed by atoms with Crippen LogP contribution in [0.15, 0.2) is 53.6 Å². The quantitative estimate of drug-likeness (QED) is 0.474. The van der Waals surface area contributed by atoms with Crippen LogP contribution in [0.3, 0.4) is 0 Å². The van der Waals surface area contributed by atoms with Crippen molar-refractivity contribution in [3.8, 4) is 11.5 Å². The fourth-order valence-electron chi connectivity index (χ4n) is 4.33. The number of carbonyl (C=O) groups excluding carboxylic acids is 2. The molecule has 35 heavy (non-hydrogen) atoms. The topological polar surface area (TPSA) is 82.0 Å². The highest BCUT2D eigenvalue weighted by Crippen LogP contribution is 2.32. The predicted molar refractivity (Wildman–Crippen MR) is 137 cm³/mol. The maximum atomic E-state index is 13.1. The van der Waals surface area contributed by atoms with Crippen LogP contribution < -0.4 is 14.8 Å². The van der Waals surface area contributed by atoms with Gasteiger partial charge in [0, 0.05) is 41.2 Å². The van der Waals surface area contributed by atoms with E-state index in [4.69, 9.17) is 14.2 Å². The molecule has 1 aromatic heterocycles. The van der Waals surface area contributed by atoms with Gasteiger partial charge in [0.05, 0.1) is 37.9 Å². The molecule has 0 bridgehead atoms. The van der Waals surface area contributed by atoms with Gasteiger partial charge in [-0.2, -0.15) is 0 Å². The number of thioether (sulfide) groups is 1. The molecule has 1 aliphatic heterocycles. The zero-order valence-corrected chi connectivity index (χ0v) is 21.3. The Bertz CT molecular complexity index is 1200. The van der Waals surface area contributed by atoms with Gasteiger partial charge in [-0.1, -0.05) is 18.2 Å². The molecule has 2 heterocycles. The summed E-state index contributed by atoms with van der Waals surface area (Å²) >= 11 is 1.44. The number of aromatic nitrogens is 1. The van der Waals surface area contributed by atoms with Crippen LogP contribution in [0, 0.1) is 0 Å². The number of rotatable bonds is 8. The number of benzene rings is 2. The zero-order chi connectivity index (χ0) is 24.9. The van der Waals surface area contributed by atoms with Gasteiger partial charge in [-0.05, 0) is 32.0 Å². The number of nitrogens with zero attached hydrogens (tertiary/aromatic N) is 2. The van der Waals surface area contributed by atoms with E-state index in [1.54, 1.807) is 32.4 Å². The summed E-state index contributed by atoms with van der Waals surface area (Å²) in [6.45, 7) is 5.41. The average Bonchev–Trinajstić information content (AvgIpc) is 3.19. The molecular weight excluding hydrogens is 466 g/mol. The molecule has 2 atom stereocenters. The van der Waals surface area contributed by atoms with Crippen molar-refractivity contribution in [3.05, 3.63) is 48.7 Å². The first kappa shape index (κ1) is 24.9. The monoisotopic (exact) mass is 497 g/mol. The number of nitrogens with one attached hydrogen (secondary N) is 1. The molecule has 186 valence electrons. The van der Waals surface area contributed by atoms with Crippen molar-refractivity contribution in [2.75, 3.05) is 38.4 Å². The van der Waals surface area contributed by atoms with Crippen LogP contribution in [0.5, 0.6) is 11.5 Å². The fraction of sp³-hybridized carbons (Fsp3) is 0.385. The SMILES string of the molecule is COc1ccc(OC)c(NC(=O)CSc2cn(CC(=O)N3C[C@@H](C)O[C@H](C)C3)c3ccccc23)c1. The number of anilines is 1. The highest BCUT2D eigenvalue weighted by atomic mass is 32.2. The number of morpholine rings is 1. The Labute approximate surface area is 209 Å². The van der Waals surface area contributed by atoms with E-state index < -0.39 is 0 Å². The first-order valence-electron chi connectivity index (χ1n) is 11.5. The van der Waals surface area contributed by atoms with Crippen molar-refractivity contribution in [1.29, 1.82) is 0 Å². The number of amides is 2. The second-order valence-corrected chi connectivity index (χ2v) is 9.61. The summed E-state index contributed by atoms with van der Waals surface area (Å²) in [6, 6.07) is 13.2. The van der Waals surface area contributed by atoms with Crippen molar-refractivity contribution >= 4 is 40.2 Å². The number of carbonyl (C=O) groups is 2. The van der Waals surface area contributed by atoms with Gasteiger partial charge >= 0.3 is 0 Å². The molecule has 0 saturated carbocycles. The molecule has 0 unspecified atom stereocenters. The molecule has 1 saturated heterocycles. The normalized spacial score (nSPS) is 17.9. The number of ether oxygens (including phenoxy) is 3. The van der Waals surface area contributed by atoms with Gasteiger partial charge in [0.25, 0.3) is 0 Å². The second-order valence-electron chi connectivity index (χ2n) is 8.60. The smallest absolute Gasteiger partial charge is 0.242 e. The molecular formula is C26H31N3O5S. The first-order chi connectivity index (χ1) is 16.9. The molecule has 4 rings (SSSR count). The van der Waals surface area contributed by atoms with Crippen molar-refractivity contribution in [2.45, 2.75) is 37.5 Å². The Morgan fingerprint density at radius 2 is 1.83 bits per heavy atom. The molecule has 0 radical (unpaired) electrons. The third-order valence-corrected chi connectivity index (χ3v) is 6.91. The lowest BCUT2D eigenvalue weighted by Gasteiger charge is -2.35. The van der Waals surface area contributed by atoms with Gasteiger partial charge in [0.2, 0.25) is 11.8 Å². The summed E-state index contributed by atoms with van der Waals surface area (Å²) in [4.78, 5) is 28.6. The Morgan fingerprint density at radius 1 is 1.09 bits per heavy atom. The summed E-state index contributed by atoms with van der Waals surface area (Å²) in [5.41, 5.74) is 1.52. The Kier molecular flexibility index (Phi) is 7.87. The molecule has 0 spiro atoms. The molecule has 3 aromatic rings. The molecule has 2 amide bonds. The highest BCUT2D eigenvalue weighted by Gasteiger charge is 2.26. The number of hydrogen-bond donors (Lipinski definition) is 1. The standard InChI is InChI=1S/C26H31N3O5S/c1-17-12-29(13-18(2)34-17)26(31)15-28-14-24(20-7-5-6-8-22(20)28)35-16-25(30)27-21-11-19(32-3)9-10-23(21)33-4/h5-11,14,17-18H,12-13,15-16H2,1-4H3,(H,27,30)/t17-,18-/m1/s1. The first-order valence-corrected chi connectivity index (χ1v) is 12.5. The van der Waals surface area contributed by atoms with Gasteiger partial charge in [-0.3, -0.25) is 9.59 Å². The van der Waals surface area contributed by atoms with Gasteiger partial charge in [-0.15, -0.1) is 11.8 Å². The van der Waals surface area contributed by atoms with Crippen molar-refractivity contribution in [1.82, 2.24) is 9.47 Å². The van der Waals surface area contributed by atoms with Gasteiger partial charge in [0.15, 0.2) is 0 Å². The predicted octanol–water partition coefficient (Wildman–Crippen LogP) is 4.03. The highest BCUT2D eigenvalue weighted by molar-refractivity contribution is 8.00. The van der Waals surface area contributed by atoms with E-state index in [2.05, 4.69) is 5.32 Å². The van der Waals surface area contributed by atoms with Crippen LogP contribution >= 0.6 is 11.8 Å². The van der Waals surface area contributed by atoms with E-state index in [1.165, 1.54) is 11.8 Å². The summed E-state index contributed by atoms with van der Waals surface area (Å²) in [7, 11) is 3.13. The maximum Gasteiger partial charge on any atom is 0.242 e. The largest absolute Gasteiger partial charge is 0.497 e. The minimum absolute atomic E-state index is 0.0249. The number of para-hydroxylation sites is 1. The van der Waals surface area contributed by atoms with E-state index in [0.717, 1.165) is 15.8 Å². The fourth-order valence-corrected chi connectivity index (χ4v) is 5.22. The van der Waals surface area contributed by atoms with Gasteiger partial charge in [-0.25, -0.2) is 0 Å². The molecule has 1 aliphatic rings. The van der Waals surface area contributed by atoms with Crippen molar-refractivity contribution in [2.24, 2.45) is 0 Å². The second kappa shape index (κ2) is 11.0. The van der Waals surface area contributed by atoms with Crippen LogP contribution in [0.1, 0.15) is 13.8 Å². The number of methoxy groups -OCH3 is 2. The molecule has 1 N–H and O–H groups in total. The Hall–Kier alpha value is -3.17. The molecule has 2 aromatic carbocycles. The summed E-state index contributed by atoms with van der Waals surface area (Å²) in [5, 5.41) is 3.92. The third kappa shape index (κ3) is 5.91. The van der Waals surface area contributed by atoms with E-state index in [9.17, 15) is 9.59 Å². The Balaban J connectivity index is 1.46. The lowest BCUT2D eigenvalue weighted by Crippen LogP contribution is -2.49.